The van der Waals surface area contributed by atoms with E-state index < -0.39 is 9.84 Å². The Hall–Kier alpha value is -2.71. The zero-order chi connectivity index (χ0) is 24.9. The van der Waals surface area contributed by atoms with Gasteiger partial charge in [0.15, 0.2) is 9.84 Å². The molecule has 182 valence electrons. The van der Waals surface area contributed by atoms with E-state index in [0.29, 0.717) is 28.2 Å². The van der Waals surface area contributed by atoms with Gasteiger partial charge in [0.25, 0.3) is 0 Å². The third-order valence-electron chi connectivity index (χ3n) is 5.36. The van der Waals surface area contributed by atoms with Crippen molar-refractivity contribution in [2.24, 2.45) is 5.92 Å². The first-order valence-corrected chi connectivity index (χ1v) is 13.5. The van der Waals surface area contributed by atoms with Crippen molar-refractivity contribution in [3.63, 3.8) is 0 Å². The van der Waals surface area contributed by atoms with Crippen molar-refractivity contribution in [1.29, 1.82) is 0 Å². The molecular formula is C25H31ClN4O3S. The van der Waals surface area contributed by atoms with E-state index in [4.69, 9.17) is 16.3 Å². The standard InChI is InChI=1S/C25H31ClN4O3S/c1-17(2)13-28-24-22(26)12-19(14-29-24)25(3,4)18-6-8-21(9-7-18)33-15-20-10-11-27-23(30-20)16-34(5,31)32/h6-12,14,17H,13,15-16H2,1-5H3,(H,28,29). The molecule has 1 aromatic carbocycles. The highest BCUT2D eigenvalue weighted by Crippen LogP contribution is 2.34. The second-order valence-electron chi connectivity index (χ2n) is 9.30. The van der Waals surface area contributed by atoms with Crippen LogP contribution < -0.4 is 10.1 Å². The first-order chi connectivity index (χ1) is 15.9. The molecule has 0 aliphatic rings. The highest BCUT2D eigenvalue weighted by molar-refractivity contribution is 7.89. The van der Waals surface area contributed by atoms with Crippen molar-refractivity contribution in [2.45, 2.75) is 45.5 Å². The number of aromatic nitrogens is 3. The van der Waals surface area contributed by atoms with E-state index in [-0.39, 0.29) is 23.6 Å². The van der Waals surface area contributed by atoms with E-state index in [9.17, 15) is 8.42 Å². The summed E-state index contributed by atoms with van der Waals surface area (Å²) in [6, 6.07) is 11.5. The third-order valence-corrected chi connectivity index (χ3v) is 6.43. The first kappa shape index (κ1) is 25.9. The van der Waals surface area contributed by atoms with Crippen LogP contribution in [0.2, 0.25) is 5.02 Å². The van der Waals surface area contributed by atoms with Gasteiger partial charge in [-0.15, -0.1) is 0 Å². The summed E-state index contributed by atoms with van der Waals surface area (Å²) in [7, 11) is -3.20. The Morgan fingerprint density at radius 2 is 1.79 bits per heavy atom. The van der Waals surface area contributed by atoms with Crippen molar-refractivity contribution < 1.29 is 13.2 Å². The average Bonchev–Trinajstić information content (AvgIpc) is 2.76. The zero-order valence-corrected chi connectivity index (χ0v) is 21.7. The summed E-state index contributed by atoms with van der Waals surface area (Å²) in [5.74, 6) is 1.95. The molecule has 3 aromatic rings. The summed E-state index contributed by atoms with van der Waals surface area (Å²) in [6.07, 6.45) is 4.56. The molecule has 0 saturated heterocycles. The number of halogens is 1. The van der Waals surface area contributed by atoms with Gasteiger partial charge in [-0.05, 0) is 41.3 Å². The Bertz CT molecular complexity index is 1230. The number of hydrogen-bond acceptors (Lipinski definition) is 7. The smallest absolute Gasteiger partial charge is 0.154 e. The van der Waals surface area contributed by atoms with Crippen LogP contribution in [0.3, 0.4) is 0 Å². The van der Waals surface area contributed by atoms with Crippen LogP contribution in [0.15, 0.2) is 48.8 Å². The number of sulfone groups is 1. The Kier molecular flexibility index (Phi) is 8.15. The molecule has 0 saturated carbocycles. The van der Waals surface area contributed by atoms with Gasteiger partial charge in [0.1, 0.15) is 29.8 Å². The number of nitrogens with one attached hydrogen (secondary N) is 1. The Morgan fingerprint density at radius 3 is 2.41 bits per heavy atom. The van der Waals surface area contributed by atoms with Crippen LogP contribution in [0, 0.1) is 5.92 Å². The predicted molar refractivity (Wildman–Crippen MR) is 136 cm³/mol. The second kappa shape index (κ2) is 10.7. The number of ether oxygens (including phenoxy) is 1. The number of pyridine rings is 1. The summed E-state index contributed by atoms with van der Waals surface area (Å²) in [5, 5.41) is 3.88. The highest BCUT2D eigenvalue weighted by atomic mass is 35.5. The van der Waals surface area contributed by atoms with Crippen LogP contribution in [-0.4, -0.2) is 36.2 Å². The third kappa shape index (κ3) is 7.14. The van der Waals surface area contributed by atoms with E-state index >= 15 is 0 Å². The van der Waals surface area contributed by atoms with E-state index in [2.05, 4.69) is 48.0 Å². The monoisotopic (exact) mass is 502 g/mol. The maximum Gasteiger partial charge on any atom is 0.154 e. The van der Waals surface area contributed by atoms with E-state index in [1.54, 1.807) is 12.3 Å². The Labute approximate surface area is 206 Å². The van der Waals surface area contributed by atoms with Crippen molar-refractivity contribution in [2.75, 3.05) is 18.1 Å². The van der Waals surface area contributed by atoms with Crippen LogP contribution in [0.1, 0.15) is 50.3 Å². The summed E-state index contributed by atoms with van der Waals surface area (Å²) in [4.78, 5) is 12.8. The van der Waals surface area contributed by atoms with Gasteiger partial charge in [0.05, 0.1) is 10.7 Å². The fraction of sp³-hybridized carbons (Fsp3) is 0.400. The van der Waals surface area contributed by atoms with Crippen LogP contribution in [0.5, 0.6) is 5.75 Å². The topological polar surface area (TPSA) is 94.1 Å². The molecule has 7 nitrogen and oxygen atoms in total. The first-order valence-electron chi connectivity index (χ1n) is 11.1. The van der Waals surface area contributed by atoms with Crippen LogP contribution in [0.25, 0.3) is 0 Å². The fourth-order valence-electron chi connectivity index (χ4n) is 3.33. The number of rotatable bonds is 10. The largest absolute Gasteiger partial charge is 0.487 e. The Morgan fingerprint density at radius 1 is 1.09 bits per heavy atom. The lowest BCUT2D eigenvalue weighted by molar-refractivity contribution is 0.300. The SMILES string of the molecule is CC(C)CNc1ncc(C(C)(C)c2ccc(OCc3ccnc(CS(C)(=O)=O)n3)cc2)cc1Cl. The summed E-state index contributed by atoms with van der Waals surface area (Å²) in [6.45, 7) is 9.55. The maximum absolute atomic E-state index is 11.5. The summed E-state index contributed by atoms with van der Waals surface area (Å²) in [5.41, 5.74) is 2.42. The molecular weight excluding hydrogens is 472 g/mol. The van der Waals surface area contributed by atoms with Gasteiger partial charge in [-0.25, -0.2) is 23.4 Å². The van der Waals surface area contributed by atoms with Crippen molar-refractivity contribution in [3.8, 4) is 5.75 Å². The van der Waals surface area contributed by atoms with Gasteiger partial charge < -0.3 is 10.1 Å². The van der Waals surface area contributed by atoms with Gasteiger partial charge in [0.2, 0.25) is 0 Å². The van der Waals surface area contributed by atoms with Gasteiger partial charge in [0, 0.05) is 30.6 Å². The van der Waals surface area contributed by atoms with E-state index in [0.717, 1.165) is 23.9 Å². The predicted octanol–water partition coefficient (Wildman–Crippen LogP) is 5.04. The number of nitrogens with zero attached hydrogens (tertiary/aromatic N) is 3. The average molecular weight is 503 g/mol. The lowest BCUT2D eigenvalue weighted by Gasteiger charge is -2.26. The molecule has 0 spiro atoms. The molecule has 2 aromatic heterocycles. The quantitative estimate of drug-likeness (QED) is 0.415. The molecule has 0 unspecified atom stereocenters. The summed E-state index contributed by atoms with van der Waals surface area (Å²) >= 11 is 6.49. The molecule has 2 heterocycles. The van der Waals surface area contributed by atoms with Crippen molar-refractivity contribution in [1.82, 2.24) is 15.0 Å². The minimum Gasteiger partial charge on any atom is -0.487 e. The van der Waals surface area contributed by atoms with Gasteiger partial charge in [-0.1, -0.05) is 51.4 Å². The van der Waals surface area contributed by atoms with E-state index in [1.165, 1.54) is 0 Å². The zero-order valence-electron chi connectivity index (χ0n) is 20.2. The molecule has 0 atom stereocenters. The molecule has 0 bridgehead atoms. The molecule has 34 heavy (non-hydrogen) atoms. The fourth-order valence-corrected chi connectivity index (χ4v) is 4.17. The maximum atomic E-state index is 11.5. The molecule has 0 fully saturated rings. The lowest BCUT2D eigenvalue weighted by Crippen LogP contribution is -2.19. The second-order valence-corrected chi connectivity index (χ2v) is 11.8. The normalized spacial score (nSPS) is 12.1. The molecule has 3 rings (SSSR count). The van der Waals surface area contributed by atoms with Gasteiger partial charge >= 0.3 is 0 Å². The van der Waals surface area contributed by atoms with Gasteiger partial charge in [-0.3, -0.25) is 0 Å². The number of benzene rings is 1. The van der Waals surface area contributed by atoms with Crippen LogP contribution >= 0.6 is 11.6 Å². The molecule has 0 aliphatic heterocycles. The van der Waals surface area contributed by atoms with Crippen LogP contribution in [-0.2, 0) is 27.6 Å². The number of anilines is 1. The minimum atomic E-state index is -3.20. The van der Waals surface area contributed by atoms with Crippen LogP contribution in [0.4, 0.5) is 5.82 Å². The van der Waals surface area contributed by atoms with Crippen molar-refractivity contribution in [3.05, 3.63) is 76.5 Å². The molecule has 1 N–H and O–H groups in total. The Balaban J connectivity index is 1.68. The molecule has 0 radical (unpaired) electrons. The number of hydrogen-bond donors (Lipinski definition) is 1. The van der Waals surface area contributed by atoms with E-state index in [1.807, 2.05) is 36.5 Å². The van der Waals surface area contributed by atoms with Gasteiger partial charge in [-0.2, -0.15) is 0 Å². The van der Waals surface area contributed by atoms with Crippen molar-refractivity contribution >= 4 is 27.3 Å². The molecule has 0 amide bonds. The highest BCUT2D eigenvalue weighted by Gasteiger charge is 2.24. The summed E-state index contributed by atoms with van der Waals surface area (Å²) < 4.78 is 28.8. The lowest BCUT2D eigenvalue weighted by atomic mass is 9.79. The molecule has 9 heteroatoms. The molecule has 0 aliphatic carbocycles. The minimum absolute atomic E-state index is 0.196.